The molecule has 2 amide bonds. The first-order valence-electron chi connectivity index (χ1n) is 10.6. The summed E-state index contributed by atoms with van der Waals surface area (Å²) < 4.78 is 0. The molecule has 32 heavy (non-hydrogen) atoms. The number of nitrogens with zero attached hydrogens (tertiary/aromatic N) is 1. The number of nitrogens with one attached hydrogen (secondary N) is 1. The van der Waals surface area contributed by atoms with Crippen LogP contribution in [0.5, 0.6) is 0 Å². The summed E-state index contributed by atoms with van der Waals surface area (Å²) >= 11 is 20.3. The average Bonchev–Trinajstić information content (AvgIpc) is 2.75. The molecular formula is C24H29Cl3N2O2S. The Morgan fingerprint density at radius 1 is 1.03 bits per heavy atom. The highest BCUT2D eigenvalue weighted by atomic mass is 35.5. The Kier molecular flexibility index (Phi) is 11.2. The van der Waals surface area contributed by atoms with Gasteiger partial charge in [0.05, 0.1) is 5.75 Å². The van der Waals surface area contributed by atoms with E-state index in [1.807, 2.05) is 45.0 Å². The largest absolute Gasteiger partial charge is 0.352 e. The Bertz CT molecular complexity index is 906. The van der Waals surface area contributed by atoms with Gasteiger partial charge in [-0.3, -0.25) is 9.59 Å². The zero-order valence-electron chi connectivity index (χ0n) is 18.5. The van der Waals surface area contributed by atoms with Gasteiger partial charge >= 0.3 is 0 Å². The van der Waals surface area contributed by atoms with Crippen molar-refractivity contribution in [1.29, 1.82) is 0 Å². The van der Waals surface area contributed by atoms with Gasteiger partial charge in [-0.1, -0.05) is 66.8 Å². The molecule has 0 aliphatic rings. The number of halogens is 3. The van der Waals surface area contributed by atoms with Crippen LogP contribution in [0.3, 0.4) is 0 Å². The highest BCUT2D eigenvalue weighted by molar-refractivity contribution is 7.99. The summed E-state index contributed by atoms with van der Waals surface area (Å²) in [5.41, 5.74) is 1.68. The van der Waals surface area contributed by atoms with Crippen molar-refractivity contribution >= 4 is 58.4 Å². The zero-order valence-corrected chi connectivity index (χ0v) is 21.6. The van der Waals surface area contributed by atoms with Crippen LogP contribution in [0.25, 0.3) is 0 Å². The molecule has 0 unspecified atom stereocenters. The van der Waals surface area contributed by atoms with Crippen molar-refractivity contribution in [2.24, 2.45) is 0 Å². The second kappa shape index (κ2) is 13.3. The minimum Gasteiger partial charge on any atom is -0.352 e. The molecule has 0 saturated heterocycles. The minimum atomic E-state index is -0.615. The molecule has 4 nitrogen and oxygen atoms in total. The van der Waals surface area contributed by atoms with Gasteiger partial charge < -0.3 is 10.2 Å². The molecule has 0 bridgehead atoms. The Labute approximate surface area is 210 Å². The van der Waals surface area contributed by atoms with E-state index in [-0.39, 0.29) is 30.2 Å². The van der Waals surface area contributed by atoms with Crippen LogP contribution in [0.4, 0.5) is 0 Å². The topological polar surface area (TPSA) is 49.4 Å². The molecule has 0 aromatic heterocycles. The van der Waals surface area contributed by atoms with Crippen LogP contribution >= 0.6 is 46.6 Å². The molecule has 0 spiro atoms. The normalized spacial score (nSPS) is 12.8. The number of hydrogen-bond donors (Lipinski definition) is 1. The maximum atomic E-state index is 13.3. The third-order valence-electron chi connectivity index (χ3n) is 5.16. The number of rotatable bonds is 11. The molecule has 1 N–H and O–H groups in total. The summed E-state index contributed by atoms with van der Waals surface area (Å²) in [5, 5.41) is 4.61. The quantitative estimate of drug-likeness (QED) is 0.367. The van der Waals surface area contributed by atoms with E-state index in [1.54, 1.807) is 23.1 Å². The van der Waals surface area contributed by atoms with Crippen molar-refractivity contribution in [1.82, 2.24) is 10.2 Å². The lowest BCUT2D eigenvalue weighted by molar-refractivity contribution is -0.139. The van der Waals surface area contributed by atoms with Crippen LogP contribution in [-0.4, -0.2) is 34.6 Å². The van der Waals surface area contributed by atoms with Gasteiger partial charge in [-0.15, -0.1) is 11.8 Å². The van der Waals surface area contributed by atoms with Crippen molar-refractivity contribution in [3.8, 4) is 0 Å². The van der Waals surface area contributed by atoms with Crippen molar-refractivity contribution in [3.05, 3.63) is 68.7 Å². The van der Waals surface area contributed by atoms with Gasteiger partial charge in [0.1, 0.15) is 6.04 Å². The van der Waals surface area contributed by atoms with Crippen LogP contribution in [0, 0.1) is 0 Å². The third-order valence-corrected chi connectivity index (χ3v) is 7.09. The highest BCUT2D eigenvalue weighted by Gasteiger charge is 2.30. The van der Waals surface area contributed by atoms with E-state index in [0.717, 1.165) is 12.0 Å². The summed E-state index contributed by atoms with van der Waals surface area (Å²) in [6, 6.07) is 12.2. The summed E-state index contributed by atoms with van der Waals surface area (Å²) in [4.78, 5) is 27.9. The van der Waals surface area contributed by atoms with Gasteiger partial charge in [-0.05, 0) is 49.6 Å². The second-order valence-corrected chi connectivity index (χ2v) is 9.82. The van der Waals surface area contributed by atoms with E-state index in [1.165, 1.54) is 11.8 Å². The van der Waals surface area contributed by atoms with Crippen molar-refractivity contribution in [2.45, 2.75) is 58.0 Å². The van der Waals surface area contributed by atoms with E-state index < -0.39 is 6.04 Å². The predicted molar refractivity (Wildman–Crippen MR) is 137 cm³/mol. The van der Waals surface area contributed by atoms with E-state index >= 15 is 0 Å². The molecule has 0 saturated carbocycles. The molecule has 0 fully saturated rings. The Balaban J connectivity index is 2.21. The lowest BCUT2D eigenvalue weighted by Gasteiger charge is -2.32. The number of carbonyl (C=O) groups excluding carboxylic acids is 2. The van der Waals surface area contributed by atoms with Crippen molar-refractivity contribution in [3.63, 3.8) is 0 Å². The highest BCUT2D eigenvalue weighted by Crippen LogP contribution is 2.27. The third kappa shape index (κ3) is 7.87. The Hall–Kier alpha value is -1.40. The molecule has 0 radical (unpaired) electrons. The summed E-state index contributed by atoms with van der Waals surface area (Å²) in [6.07, 6.45) is 1.29. The molecule has 0 aliphatic heterocycles. The number of amides is 2. The second-order valence-electron chi connectivity index (χ2n) is 7.59. The summed E-state index contributed by atoms with van der Waals surface area (Å²) in [7, 11) is 0. The molecule has 8 heteroatoms. The van der Waals surface area contributed by atoms with E-state index in [4.69, 9.17) is 34.8 Å². The average molecular weight is 516 g/mol. The number of benzene rings is 2. The van der Waals surface area contributed by atoms with Gasteiger partial charge in [-0.25, -0.2) is 0 Å². The maximum absolute atomic E-state index is 13.3. The Morgan fingerprint density at radius 2 is 1.69 bits per heavy atom. The van der Waals surface area contributed by atoms with Crippen molar-refractivity contribution in [2.75, 3.05) is 5.75 Å². The first kappa shape index (κ1) is 26.8. The van der Waals surface area contributed by atoms with Gasteiger partial charge in [0.25, 0.3) is 0 Å². The van der Waals surface area contributed by atoms with Crippen LogP contribution in [0.2, 0.25) is 15.1 Å². The SMILES string of the molecule is CC[C@@H](C)NC(=O)[C@H](CC)N(Cc1c(Cl)cccc1Cl)C(=O)CSCc1cccc(Cl)c1. The summed E-state index contributed by atoms with van der Waals surface area (Å²) in [5.74, 6) is 0.558. The molecule has 2 atom stereocenters. The minimum absolute atomic E-state index is 0.0228. The first-order chi connectivity index (χ1) is 15.3. The van der Waals surface area contributed by atoms with Gasteiger partial charge in [0.2, 0.25) is 11.8 Å². The maximum Gasteiger partial charge on any atom is 0.243 e. The van der Waals surface area contributed by atoms with Gasteiger partial charge in [0.15, 0.2) is 0 Å². The van der Waals surface area contributed by atoms with E-state index in [2.05, 4.69) is 5.32 Å². The fourth-order valence-electron chi connectivity index (χ4n) is 3.18. The number of hydrogen-bond acceptors (Lipinski definition) is 3. The molecule has 0 aliphatic carbocycles. The van der Waals surface area contributed by atoms with Gasteiger partial charge in [-0.2, -0.15) is 0 Å². The molecule has 0 heterocycles. The lowest BCUT2D eigenvalue weighted by Crippen LogP contribution is -2.51. The number of thioether (sulfide) groups is 1. The van der Waals surface area contributed by atoms with Crippen LogP contribution < -0.4 is 5.32 Å². The summed E-state index contributed by atoms with van der Waals surface area (Å²) in [6.45, 7) is 6.02. The molecule has 2 rings (SSSR count). The monoisotopic (exact) mass is 514 g/mol. The van der Waals surface area contributed by atoms with E-state index in [0.29, 0.717) is 32.8 Å². The first-order valence-corrected chi connectivity index (χ1v) is 12.9. The van der Waals surface area contributed by atoms with Gasteiger partial charge in [0, 0.05) is 39.0 Å². The zero-order chi connectivity index (χ0) is 23.7. The fraction of sp³-hybridized carbons (Fsp3) is 0.417. The lowest BCUT2D eigenvalue weighted by atomic mass is 10.1. The van der Waals surface area contributed by atoms with Crippen LogP contribution in [0.15, 0.2) is 42.5 Å². The van der Waals surface area contributed by atoms with Crippen LogP contribution in [0.1, 0.15) is 44.7 Å². The van der Waals surface area contributed by atoms with Crippen molar-refractivity contribution < 1.29 is 9.59 Å². The Morgan fingerprint density at radius 3 is 2.28 bits per heavy atom. The molecule has 174 valence electrons. The molecule has 2 aromatic rings. The van der Waals surface area contributed by atoms with Crippen LogP contribution in [-0.2, 0) is 21.9 Å². The smallest absolute Gasteiger partial charge is 0.243 e. The standard InChI is InChI=1S/C24H29Cl3N2O2S/c1-4-16(3)28-24(31)22(5-2)29(13-19-20(26)10-7-11-21(19)27)23(30)15-32-14-17-8-6-9-18(25)12-17/h6-12,16,22H,4-5,13-15H2,1-3H3,(H,28,31)/t16-,22+/m1/s1. The fourth-order valence-corrected chi connectivity index (χ4v) is 4.77. The predicted octanol–water partition coefficient (Wildman–Crippen LogP) is 6.60. The van der Waals surface area contributed by atoms with E-state index in [9.17, 15) is 9.59 Å². The number of carbonyl (C=O) groups is 2. The molecule has 2 aromatic carbocycles. The molecular weight excluding hydrogens is 487 g/mol.